The van der Waals surface area contributed by atoms with E-state index in [1.807, 2.05) is 18.2 Å². The van der Waals surface area contributed by atoms with Crippen molar-refractivity contribution in [3.05, 3.63) is 45.2 Å². The normalized spacial score (nSPS) is 18.4. The van der Waals surface area contributed by atoms with Crippen LogP contribution in [0.15, 0.2) is 23.3 Å². The highest BCUT2D eigenvalue weighted by Gasteiger charge is 2.25. The molecule has 9 nitrogen and oxygen atoms in total. The molecule has 2 aromatic rings. The molecule has 0 aliphatic carbocycles. The first-order valence-electron chi connectivity index (χ1n) is 9.89. The number of piperidine rings is 1. The van der Waals surface area contributed by atoms with Crippen molar-refractivity contribution >= 4 is 58.1 Å². The number of aromatic amines is 1. The minimum absolute atomic E-state index is 0.211. The first kappa shape index (κ1) is 22.0. The molecule has 0 spiro atoms. The summed E-state index contributed by atoms with van der Waals surface area (Å²) < 4.78 is 0. The van der Waals surface area contributed by atoms with Crippen LogP contribution in [0.4, 0.5) is 11.4 Å². The molecule has 1 fully saturated rings. The van der Waals surface area contributed by atoms with Gasteiger partial charge in [-0.15, -0.1) is 10.6 Å². The van der Waals surface area contributed by atoms with Crippen LogP contribution in [-0.4, -0.2) is 36.4 Å². The van der Waals surface area contributed by atoms with Crippen LogP contribution in [0.25, 0.3) is 0 Å². The summed E-state index contributed by atoms with van der Waals surface area (Å²) >= 11 is 18.1. The number of amidine groups is 1. The first-order valence-corrected chi connectivity index (χ1v) is 11.0. The predicted molar refractivity (Wildman–Crippen MR) is 125 cm³/mol. The number of carbonyl (C=O) groups is 1. The van der Waals surface area contributed by atoms with E-state index < -0.39 is 0 Å². The molecule has 1 atom stereocenters. The number of nitrogens with one attached hydrogen (secondary N) is 6. The number of aromatic nitrogens is 1. The minimum Gasteiger partial charge on any atom is -0.370 e. The number of benzene rings is 1. The summed E-state index contributed by atoms with van der Waals surface area (Å²) in [6.45, 7) is 4.17. The number of hydrogen-bond donors (Lipinski definition) is 6. The Morgan fingerprint density at radius 3 is 2.84 bits per heavy atom. The van der Waals surface area contributed by atoms with Crippen LogP contribution in [0.3, 0.4) is 0 Å². The van der Waals surface area contributed by atoms with Gasteiger partial charge in [-0.1, -0.05) is 23.2 Å². The summed E-state index contributed by atoms with van der Waals surface area (Å²) in [6, 6.07) is 5.75. The standard InChI is InChI=1S/C19H23Cl3N8O/c1-10-15(20)16(21)17(24-10)19(31)25-13-5-4-12(18-26-28-29-27-18)7-14(13)30-6-2-3-11(9-30)8-23-22/h4-5,7,11,23-24,28-29H,2-3,6,8-9H2,1H3,(H,25,31)(H,26,27). The predicted octanol–water partition coefficient (Wildman–Crippen LogP) is 3.12. The second kappa shape index (κ2) is 9.54. The number of aryl methyl sites for hydroxylation is 1. The third-order valence-corrected chi connectivity index (χ3v) is 6.53. The van der Waals surface area contributed by atoms with Crippen molar-refractivity contribution in [1.29, 1.82) is 0 Å². The number of amides is 1. The van der Waals surface area contributed by atoms with Crippen LogP contribution < -0.4 is 31.5 Å². The van der Waals surface area contributed by atoms with Crippen molar-refractivity contribution in [2.24, 2.45) is 11.0 Å². The Morgan fingerprint density at radius 2 is 2.16 bits per heavy atom. The largest absolute Gasteiger partial charge is 0.370 e. The molecule has 0 radical (unpaired) electrons. The molecule has 31 heavy (non-hydrogen) atoms. The lowest BCUT2D eigenvalue weighted by Gasteiger charge is -2.35. The van der Waals surface area contributed by atoms with Gasteiger partial charge in [0.05, 0.1) is 21.4 Å². The van der Waals surface area contributed by atoms with Crippen molar-refractivity contribution in [2.75, 3.05) is 29.9 Å². The van der Waals surface area contributed by atoms with E-state index in [4.69, 9.17) is 35.0 Å². The number of rotatable bonds is 6. The van der Waals surface area contributed by atoms with E-state index in [1.54, 1.807) is 6.92 Å². The number of carbonyl (C=O) groups excluding carboxylic acids is 1. The molecule has 0 saturated carbocycles. The lowest BCUT2D eigenvalue weighted by atomic mass is 9.97. The molecule has 1 saturated heterocycles. The molecule has 2 aliphatic heterocycles. The Morgan fingerprint density at radius 1 is 1.32 bits per heavy atom. The van der Waals surface area contributed by atoms with Gasteiger partial charge in [-0.3, -0.25) is 10.2 Å². The topological polar surface area (TPSA) is 109 Å². The minimum atomic E-state index is -0.357. The molecule has 1 unspecified atom stereocenters. The summed E-state index contributed by atoms with van der Waals surface area (Å²) in [7, 11) is 0. The van der Waals surface area contributed by atoms with Crippen molar-refractivity contribution in [3.63, 3.8) is 0 Å². The van der Waals surface area contributed by atoms with Crippen LogP contribution in [0.5, 0.6) is 0 Å². The Hall–Kier alpha value is -2.17. The van der Waals surface area contributed by atoms with E-state index in [9.17, 15) is 4.79 Å². The molecule has 0 bridgehead atoms. The van der Waals surface area contributed by atoms with Gasteiger partial charge < -0.3 is 15.2 Å². The van der Waals surface area contributed by atoms with Crippen molar-refractivity contribution in [2.45, 2.75) is 19.8 Å². The number of hydrazine groups is 2. The smallest absolute Gasteiger partial charge is 0.273 e. The lowest BCUT2D eigenvalue weighted by molar-refractivity contribution is 0.102. The van der Waals surface area contributed by atoms with E-state index in [2.05, 4.69) is 41.6 Å². The van der Waals surface area contributed by atoms with E-state index in [0.29, 0.717) is 28.2 Å². The summed E-state index contributed by atoms with van der Waals surface area (Å²) in [6.07, 6.45) is 2.12. The zero-order valence-electron chi connectivity index (χ0n) is 16.8. The van der Waals surface area contributed by atoms with Crippen molar-refractivity contribution in [3.8, 4) is 0 Å². The summed E-state index contributed by atoms with van der Waals surface area (Å²) in [4.78, 5) is 20.9. The summed E-state index contributed by atoms with van der Waals surface area (Å²) in [5.41, 5.74) is 11.7. The number of halogens is 3. The monoisotopic (exact) mass is 484 g/mol. The third-order valence-electron chi connectivity index (χ3n) is 5.43. The Labute approximate surface area is 194 Å². The fourth-order valence-electron chi connectivity index (χ4n) is 3.85. The second-order valence-corrected chi connectivity index (χ2v) is 8.58. The maximum Gasteiger partial charge on any atom is 0.273 e. The van der Waals surface area contributed by atoms with Gasteiger partial charge in [-0.2, -0.15) is 0 Å². The SMILES string of the molecule is Cc1[nH]c(C(=O)Nc2ccc(C3=NNNN3)cc2N2CCCC(CNCl)C2)c(Cl)c1Cl. The number of H-pyrrole nitrogens is 1. The van der Waals surface area contributed by atoms with Crippen molar-refractivity contribution in [1.82, 2.24) is 26.3 Å². The van der Waals surface area contributed by atoms with Crippen LogP contribution in [0.2, 0.25) is 10.0 Å². The number of nitrogens with zero attached hydrogens (tertiary/aromatic N) is 2. The van der Waals surface area contributed by atoms with Gasteiger partial charge in [0.25, 0.3) is 5.91 Å². The van der Waals surface area contributed by atoms with Crippen LogP contribution >= 0.6 is 35.0 Å². The number of hydrazone groups is 1. The van der Waals surface area contributed by atoms with Crippen LogP contribution in [0.1, 0.15) is 34.6 Å². The molecular weight excluding hydrogens is 463 g/mol. The number of hydrogen-bond acceptors (Lipinski definition) is 7. The van der Waals surface area contributed by atoms with E-state index in [-0.39, 0.29) is 16.6 Å². The molecule has 3 heterocycles. The molecule has 2 aliphatic rings. The molecular formula is C19H23Cl3N8O. The van der Waals surface area contributed by atoms with Gasteiger partial charge in [0.2, 0.25) is 0 Å². The zero-order valence-corrected chi connectivity index (χ0v) is 19.0. The third kappa shape index (κ3) is 4.70. The maximum absolute atomic E-state index is 13.0. The van der Waals surface area contributed by atoms with Gasteiger partial charge in [0.1, 0.15) is 5.69 Å². The van der Waals surface area contributed by atoms with E-state index >= 15 is 0 Å². The van der Waals surface area contributed by atoms with Gasteiger partial charge in [0.15, 0.2) is 5.84 Å². The lowest BCUT2D eigenvalue weighted by Crippen LogP contribution is -2.39. The molecule has 1 amide bonds. The fourth-order valence-corrected chi connectivity index (χ4v) is 4.49. The van der Waals surface area contributed by atoms with Gasteiger partial charge in [-0.25, -0.2) is 10.4 Å². The Balaban J connectivity index is 1.65. The highest BCUT2D eigenvalue weighted by Crippen LogP contribution is 2.33. The van der Waals surface area contributed by atoms with E-state index in [0.717, 1.165) is 43.7 Å². The Bertz CT molecular complexity index is 1010. The second-order valence-electron chi connectivity index (χ2n) is 7.55. The van der Waals surface area contributed by atoms with E-state index in [1.165, 1.54) is 0 Å². The molecule has 1 aromatic carbocycles. The average Bonchev–Trinajstić information content (AvgIpc) is 3.39. The summed E-state index contributed by atoms with van der Waals surface area (Å²) in [5.74, 6) is 0.706. The van der Waals surface area contributed by atoms with Gasteiger partial charge in [-0.05, 0) is 55.7 Å². The molecule has 4 rings (SSSR count). The first-order chi connectivity index (χ1) is 15.0. The van der Waals surface area contributed by atoms with Crippen molar-refractivity contribution < 1.29 is 4.79 Å². The van der Waals surface area contributed by atoms with Crippen LogP contribution in [0, 0.1) is 12.8 Å². The number of anilines is 2. The highest BCUT2D eigenvalue weighted by atomic mass is 35.5. The highest BCUT2D eigenvalue weighted by molar-refractivity contribution is 6.44. The molecule has 12 heteroatoms. The van der Waals surface area contributed by atoms with Crippen LogP contribution in [-0.2, 0) is 0 Å². The van der Waals surface area contributed by atoms with Gasteiger partial charge >= 0.3 is 0 Å². The Kier molecular flexibility index (Phi) is 6.78. The zero-order chi connectivity index (χ0) is 22.0. The quantitative estimate of drug-likeness (QED) is 0.351. The molecule has 1 aromatic heterocycles. The summed E-state index contributed by atoms with van der Waals surface area (Å²) in [5, 5.41) is 7.71. The molecule has 166 valence electrons. The molecule has 6 N–H and O–H groups in total. The maximum atomic E-state index is 13.0. The fraction of sp³-hybridized carbons (Fsp3) is 0.368. The van der Waals surface area contributed by atoms with Gasteiger partial charge in [0, 0.05) is 30.9 Å². The average molecular weight is 486 g/mol.